The molecule has 0 aliphatic heterocycles. The predicted molar refractivity (Wildman–Crippen MR) is 90.7 cm³/mol. The van der Waals surface area contributed by atoms with Crippen molar-refractivity contribution in [3.63, 3.8) is 0 Å². The molecular weight excluding hydrogens is 361 g/mol. The first-order valence-electron chi connectivity index (χ1n) is 7.57. The van der Waals surface area contributed by atoms with Crippen LogP contribution in [0.4, 0.5) is 13.2 Å². The van der Waals surface area contributed by atoms with E-state index in [0.29, 0.717) is 12.8 Å². The number of carbonyl (C=O) groups is 1. The Labute approximate surface area is 151 Å². The van der Waals surface area contributed by atoms with Gasteiger partial charge in [0, 0.05) is 26.1 Å². The molecule has 2 unspecified atom stereocenters. The van der Waals surface area contributed by atoms with E-state index in [9.17, 15) is 23.1 Å². The molecule has 0 radical (unpaired) electrons. The molecular formula is C16H24ClF3N2O3. The van der Waals surface area contributed by atoms with Crippen LogP contribution in [0, 0.1) is 0 Å². The number of rotatable bonds is 8. The van der Waals surface area contributed by atoms with Crippen molar-refractivity contribution in [3.8, 4) is 5.75 Å². The van der Waals surface area contributed by atoms with Gasteiger partial charge < -0.3 is 20.5 Å². The van der Waals surface area contributed by atoms with Gasteiger partial charge in [0.1, 0.15) is 18.5 Å². The van der Waals surface area contributed by atoms with Crippen molar-refractivity contribution < 1.29 is 27.8 Å². The summed E-state index contributed by atoms with van der Waals surface area (Å²) in [5.74, 6) is 0.0777. The van der Waals surface area contributed by atoms with Crippen LogP contribution in [0.1, 0.15) is 25.3 Å². The van der Waals surface area contributed by atoms with Crippen molar-refractivity contribution in [1.82, 2.24) is 4.90 Å². The first-order chi connectivity index (χ1) is 11.1. The number of aliphatic hydroxyl groups is 1. The number of benzene rings is 1. The SMILES string of the molecule is CC(N)CCC(=O)N(C)CC(O)COc1ccc(C(F)(F)F)cc1.Cl. The standard InChI is InChI=1S/C16H23F3N2O3.ClH/c1-11(20)3-8-15(23)21(2)9-13(22)10-24-14-6-4-12(5-7-14)16(17,18)19;/h4-7,11,13,22H,3,8-10,20H2,1-2H3;1H. The number of amides is 1. The summed E-state index contributed by atoms with van der Waals surface area (Å²) in [6.07, 6.45) is -4.50. The molecule has 9 heteroatoms. The fraction of sp³-hybridized carbons (Fsp3) is 0.562. The molecule has 1 aromatic carbocycles. The maximum Gasteiger partial charge on any atom is 0.416 e. The van der Waals surface area contributed by atoms with Gasteiger partial charge in [-0.3, -0.25) is 4.79 Å². The van der Waals surface area contributed by atoms with E-state index < -0.39 is 17.8 Å². The van der Waals surface area contributed by atoms with Gasteiger partial charge >= 0.3 is 6.18 Å². The Kier molecular flexibility index (Phi) is 9.84. The Bertz CT molecular complexity index is 524. The van der Waals surface area contributed by atoms with Crippen LogP contribution in [0.15, 0.2) is 24.3 Å². The number of halogens is 4. The van der Waals surface area contributed by atoms with Gasteiger partial charge in [0.2, 0.25) is 5.91 Å². The molecule has 0 heterocycles. The second kappa shape index (κ2) is 10.5. The number of ether oxygens (including phenoxy) is 1. The first kappa shape index (κ1) is 23.5. The summed E-state index contributed by atoms with van der Waals surface area (Å²) in [5.41, 5.74) is 4.81. The Morgan fingerprint density at radius 1 is 1.32 bits per heavy atom. The van der Waals surface area contributed by atoms with Crippen LogP contribution < -0.4 is 10.5 Å². The molecule has 0 fully saturated rings. The largest absolute Gasteiger partial charge is 0.491 e. The van der Waals surface area contributed by atoms with Crippen LogP contribution in [0.2, 0.25) is 0 Å². The molecule has 0 spiro atoms. The third-order valence-corrected chi connectivity index (χ3v) is 3.35. The summed E-state index contributed by atoms with van der Waals surface area (Å²) in [6, 6.07) is 4.12. The van der Waals surface area contributed by atoms with Crippen LogP contribution in [0.3, 0.4) is 0 Å². The molecule has 0 saturated heterocycles. The maximum atomic E-state index is 12.4. The monoisotopic (exact) mass is 384 g/mol. The third kappa shape index (κ3) is 8.94. The van der Waals surface area contributed by atoms with Crippen LogP contribution in [-0.4, -0.2) is 48.3 Å². The van der Waals surface area contributed by atoms with Gasteiger partial charge in [-0.1, -0.05) is 0 Å². The summed E-state index contributed by atoms with van der Waals surface area (Å²) in [4.78, 5) is 13.2. The molecule has 144 valence electrons. The highest BCUT2D eigenvalue weighted by molar-refractivity contribution is 5.85. The maximum absolute atomic E-state index is 12.4. The molecule has 1 rings (SSSR count). The summed E-state index contributed by atoms with van der Waals surface area (Å²) in [5, 5.41) is 9.87. The van der Waals surface area contributed by atoms with E-state index >= 15 is 0 Å². The van der Waals surface area contributed by atoms with Crippen molar-refractivity contribution in [2.24, 2.45) is 5.73 Å². The molecule has 5 nitrogen and oxygen atoms in total. The number of hydrogen-bond acceptors (Lipinski definition) is 4. The first-order valence-corrected chi connectivity index (χ1v) is 7.57. The van der Waals surface area contributed by atoms with Crippen LogP contribution >= 0.6 is 12.4 Å². The van der Waals surface area contributed by atoms with Crippen molar-refractivity contribution in [2.75, 3.05) is 20.2 Å². The number of alkyl halides is 3. The predicted octanol–water partition coefficient (Wildman–Crippen LogP) is 2.45. The second-order valence-corrected chi connectivity index (χ2v) is 5.78. The van der Waals surface area contributed by atoms with Gasteiger partial charge in [0.15, 0.2) is 0 Å². The number of hydrogen-bond donors (Lipinski definition) is 2. The minimum absolute atomic E-state index is 0. The lowest BCUT2D eigenvalue weighted by molar-refractivity contribution is -0.137. The van der Waals surface area contributed by atoms with Crippen LogP contribution in [-0.2, 0) is 11.0 Å². The highest BCUT2D eigenvalue weighted by Gasteiger charge is 2.30. The zero-order valence-electron chi connectivity index (χ0n) is 14.1. The van der Waals surface area contributed by atoms with E-state index in [1.54, 1.807) is 14.0 Å². The number of likely N-dealkylation sites (N-methyl/N-ethyl adjacent to an activating group) is 1. The van der Waals surface area contributed by atoms with Gasteiger partial charge in [-0.2, -0.15) is 13.2 Å². The summed E-state index contributed by atoms with van der Waals surface area (Å²) >= 11 is 0. The summed E-state index contributed by atoms with van der Waals surface area (Å²) in [7, 11) is 1.56. The van der Waals surface area contributed by atoms with E-state index in [1.165, 1.54) is 17.0 Å². The molecule has 0 bridgehead atoms. The van der Waals surface area contributed by atoms with Crippen molar-refractivity contribution in [1.29, 1.82) is 0 Å². The Morgan fingerprint density at radius 3 is 2.36 bits per heavy atom. The Balaban J connectivity index is 0.00000576. The van der Waals surface area contributed by atoms with Crippen molar-refractivity contribution in [3.05, 3.63) is 29.8 Å². The number of nitrogens with two attached hydrogens (primary N) is 1. The Morgan fingerprint density at radius 2 is 1.88 bits per heavy atom. The molecule has 3 N–H and O–H groups in total. The topological polar surface area (TPSA) is 75.8 Å². The van der Waals surface area contributed by atoms with Gasteiger partial charge in [-0.05, 0) is 37.6 Å². The molecule has 0 aliphatic rings. The molecule has 0 aliphatic carbocycles. The molecule has 2 atom stereocenters. The molecule has 1 amide bonds. The van der Waals surface area contributed by atoms with E-state index in [-0.39, 0.29) is 43.3 Å². The summed E-state index contributed by atoms with van der Waals surface area (Å²) < 4.78 is 42.6. The molecule has 0 aromatic heterocycles. The fourth-order valence-corrected chi connectivity index (χ4v) is 1.95. The number of carbonyl (C=O) groups excluding carboxylic acids is 1. The molecule has 1 aromatic rings. The van der Waals surface area contributed by atoms with Gasteiger partial charge in [-0.25, -0.2) is 0 Å². The zero-order chi connectivity index (χ0) is 18.3. The second-order valence-electron chi connectivity index (χ2n) is 5.78. The quantitative estimate of drug-likeness (QED) is 0.722. The fourth-order valence-electron chi connectivity index (χ4n) is 1.95. The smallest absolute Gasteiger partial charge is 0.416 e. The number of nitrogens with zero attached hydrogens (tertiary/aromatic N) is 1. The van der Waals surface area contributed by atoms with Crippen molar-refractivity contribution >= 4 is 18.3 Å². The van der Waals surface area contributed by atoms with E-state index in [1.807, 2.05) is 0 Å². The number of aliphatic hydroxyl groups excluding tert-OH is 1. The highest BCUT2D eigenvalue weighted by Crippen LogP contribution is 2.30. The van der Waals surface area contributed by atoms with E-state index in [2.05, 4.69) is 0 Å². The minimum Gasteiger partial charge on any atom is -0.491 e. The molecule has 0 saturated carbocycles. The van der Waals surface area contributed by atoms with Gasteiger partial charge in [0.05, 0.1) is 5.56 Å². The lowest BCUT2D eigenvalue weighted by atomic mass is 10.2. The summed E-state index contributed by atoms with van der Waals surface area (Å²) in [6.45, 7) is 1.74. The van der Waals surface area contributed by atoms with E-state index in [0.717, 1.165) is 12.1 Å². The van der Waals surface area contributed by atoms with Crippen molar-refractivity contribution in [2.45, 2.75) is 38.1 Å². The highest BCUT2D eigenvalue weighted by atomic mass is 35.5. The van der Waals surface area contributed by atoms with Crippen LogP contribution in [0.25, 0.3) is 0 Å². The van der Waals surface area contributed by atoms with Crippen LogP contribution in [0.5, 0.6) is 5.75 Å². The van der Waals surface area contributed by atoms with E-state index in [4.69, 9.17) is 10.5 Å². The average molecular weight is 385 g/mol. The average Bonchev–Trinajstić information content (AvgIpc) is 2.50. The minimum atomic E-state index is -4.40. The normalized spacial score (nSPS) is 13.6. The van der Waals surface area contributed by atoms with Gasteiger partial charge in [0.25, 0.3) is 0 Å². The van der Waals surface area contributed by atoms with Gasteiger partial charge in [-0.15, -0.1) is 12.4 Å². The molecule has 25 heavy (non-hydrogen) atoms. The third-order valence-electron chi connectivity index (χ3n) is 3.35. The zero-order valence-corrected chi connectivity index (χ0v) is 14.9. The lowest BCUT2D eigenvalue weighted by Crippen LogP contribution is -2.37. The lowest BCUT2D eigenvalue weighted by Gasteiger charge is -2.21. The Hall–Kier alpha value is -1.51.